The summed E-state index contributed by atoms with van der Waals surface area (Å²) < 4.78 is 18.8. The van der Waals surface area contributed by atoms with E-state index in [4.69, 9.17) is 10.5 Å². The molecule has 0 unspecified atom stereocenters. The molecule has 1 aliphatic heterocycles. The Hall–Kier alpha value is -1.06. The number of nitrogens with two attached hydrogens (primary N) is 1. The molecule has 24 heavy (non-hydrogen) atoms. The van der Waals surface area contributed by atoms with Crippen molar-refractivity contribution in [3.63, 3.8) is 0 Å². The predicted octanol–water partition coefficient (Wildman–Crippen LogP) is 1.34. The highest BCUT2D eigenvalue weighted by atomic mass is 79.9. The highest BCUT2D eigenvalue weighted by Gasteiger charge is 2.43. The number of alkyl halides is 1. The number of rotatable bonds is 4. The number of hydrogen-bond donors (Lipinski definition) is 3. The van der Waals surface area contributed by atoms with Gasteiger partial charge in [0.25, 0.3) is 0 Å². The lowest BCUT2D eigenvalue weighted by molar-refractivity contribution is 0.0639. The van der Waals surface area contributed by atoms with E-state index < -0.39 is 13.4 Å². The largest absolute Gasteiger partial charge is 0.368 e. The molecule has 0 radical (unpaired) electrons. The molecular weight excluding hydrogens is 401 g/mol. The Morgan fingerprint density at radius 2 is 2.17 bits per heavy atom. The Kier molecular flexibility index (Phi) is 3.92. The molecule has 0 spiro atoms. The summed E-state index contributed by atoms with van der Waals surface area (Å²) >= 11 is 3.45. The van der Waals surface area contributed by atoms with Gasteiger partial charge in [-0.3, -0.25) is 4.57 Å². The normalized spacial score (nSPS) is 27.9. The van der Waals surface area contributed by atoms with E-state index in [2.05, 4.69) is 30.9 Å². The Bertz CT molecular complexity index is 835. The molecule has 11 heteroatoms. The fourth-order valence-corrected chi connectivity index (χ4v) is 4.75. The molecule has 0 bridgehead atoms. The number of nitrogens with zero attached hydrogens (tertiary/aromatic N) is 4. The first-order valence-corrected chi connectivity index (χ1v) is 10.3. The van der Waals surface area contributed by atoms with Crippen molar-refractivity contribution in [2.75, 3.05) is 5.73 Å². The average molecular weight is 418 g/mol. The number of anilines is 1. The van der Waals surface area contributed by atoms with Gasteiger partial charge in [0.05, 0.1) is 24.7 Å². The molecule has 0 amide bonds. The molecule has 2 aromatic rings. The maximum atomic E-state index is 11.4. The number of fused-ring (bicyclic) bond motifs is 1. The summed E-state index contributed by atoms with van der Waals surface area (Å²) in [5.74, 6) is -0.475. The van der Waals surface area contributed by atoms with Crippen LogP contribution in [0.3, 0.4) is 0 Å². The zero-order chi connectivity index (χ0) is 17.1. The van der Waals surface area contributed by atoms with Crippen LogP contribution in [0.15, 0.2) is 6.33 Å². The number of imidazole rings is 1. The van der Waals surface area contributed by atoms with Crippen molar-refractivity contribution in [1.29, 1.82) is 0 Å². The number of ether oxygens (including phenoxy) is 1. The van der Waals surface area contributed by atoms with Crippen LogP contribution in [0, 0.1) is 0 Å². The van der Waals surface area contributed by atoms with Crippen LogP contribution in [-0.4, -0.2) is 46.1 Å². The maximum Gasteiger partial charge on any atom is 0.354 e. The van der Waals surface area contributed by atoms with E-state index in [-0.39, 0.29) is 23.3 Å². The number of nitrogen functional groups attached to an aromatic ring is 1. The van der Waals surface area contributed by atoms with Gasteiger partial charge in [-0.1, -0.05) is 15.9 Å². The fraction of sp³-hybridized carbons (Fsp3) is 0.615. The second-order valence-corrected chi connectivity index (χ2v) is 9.21. The lowest BCUT2D eigenvalue weighted by atomic mass is 10.2. The smallest absolute Gasteiger partial charge is 0.354 e. The lowest BCUT2D eigenvalue weighted by Gasteiger charge is -2.16. The van der Waals surface area contributed by atoms with Gasteiger partial charge in [0.2, 0.25) is 5.95 Å². The average Bonchev–Trinajstić information content (AvgIpc) is 3.17. The van der Waals surface area contributed by atoms with Crippen LogP contribution in [0.2, 0.25) is 0 Å². The molecule has 2 aromatic heterocycles. The minimum atomic E-state index is -4.27. The Morgan fingerprint density at radius 3 is 2.79 bits per heavy atom. The van der Waals surface area contributed by atoms with E-state index >= 15 is 0 Å². The standard InChI is InChI=1S/C13H17BrN5O4P/c14-7-3-9(24(20,21)22)23-8(7)4-19-5-16-11-10(6-1-2-6)17-13(15)18-12(11)19/h5-9H,1-4H2,(H2,15,17,18)(H2,20,21,22)/t7-,8+,9-/m0/s1. The molecular formula is C13H17BrN5O4P. The molecule has 3 heterocycles. The van der Waals surface area contributed by atoms with Crippen LogP contribution in [0.25, 0.3) is 11.2 Å². The van der Waals surface area contributed by atoms with Gasteiger partial charge in [-0.25, -0.2) is 9.97 Å². The van der Waals surface area contributed by atoms with Gasteiger partial charge in [-0.15, -0.1) is 0 Å². The number of hydrogen-bond acceptors (Lipinski definition) is 6. The number of halogens is 1. The fourth-order valence-electron chi connectivity index (χ4n) is 3.01. The van der Waals surface area contributed by atoms with Crippen LogP contribution in [0.1, 0.15) is 30.9 Å². The van der Waals surface area contributed by atoms with Crippen molar-refractivity contribution < 1.29 is 19.1 Å². The van der Waals surface area contributed by atoms with Crippen LogP contribution in [0.4, 0.5) is 5.95 Å². The zero-order valence-corrected chi connectivity index (χ0v) is 15.1. The second-order valence-electron chi connectivity index (χ2n) is 6.28. The van der Waals surface area contributed by atoms with Crippen molar-refractivity contribution in [2.45, 2.75) is 48.5 Å². The number of aromatic nitrogens is 4. The third kappa shape index (κ3) is 2.97. The maximum absolute atomic E-state index is 11.4. The molecule has 1 saturated carbocycles. The first-order valence-electron chi connectivity index (χ1n) is 7.66. The third-order valence-electron chi connectivity index (χ3n) is 4.39. The van der Waals surface area contributed by atoms with E-state index in [0.717, 1.165) is 24.1 Å². The molecule has 3 atom stereocenters. The molecule has 130 valence electrons. The summed E-state index contributed by atoms with van der Waals surface area (Å²) in [6.45, 7) is 0.378. The van der Waals surface area contributed by atoms with E-state index in [0.29, 0.717) is 18.1 Å². The Balaban J connectivity index is 1.62. The first-order chi connectivity index (χ1) is 11.3. The molecule has 1 saturated heterocycles. The Morgan fingerprint density at radius 1 is 1.42 bits per heavy atom. The van der Waals surface area contributed by atoms with E-state index in [1.807, 2.05) is 0 Å². The minimum Gasteiger partial charge on any atom is -0.368 e. The van der Waals surface area contributed by atoms with Crippen LogP contribution < -0.4 is 5.73 Å². The van der Waals surface area contributed by atoms with Gasteiger partial charge in [-0.05, 0) is 12.8 Å². The topological polar surface area (TPSA) is 136 Å². The lowest BCUT2D eigenvalue weighted by Crippen LogP contribution is -2.23. The van der Waals surface area contributed by atoms with Crippen molar-refractivity contribution in [3.05, 3.63) is 12.0 Å². The van der Waals surface area contributed by atoms with E-state index in [1.165, 1.54) is 0 Å². The summed E-state index contributed by atoms with van der Waals surface area (Å²) in [7, 11) is -4.27. The molecule has 1 aliphatic carbocycles. The molecule has 9 nitrogen and oxygen atoms in total. The Labute approximate surface area is 145 Å². The third-order valence-corrected chi connectivity index (χ3v) is 6.43. The minimum absolute atomic E-state index is 0.158. The highest BCUT2D eigenvalue weighted by molar-refractivity contribution is 9.09. The van der Waals surface area contributed by atoms with Crippen molar-refractivity contribution in [2.24, 2.45) is 0 Å². The first kappa shape index (κ1) is 16.4. The van der Waals surface area contributed by atoms with Gasteiger partial charge in [-0.2, -0.15) is 4.98 Å². The van der Waals surface area contributed by atoms with Crippen molar-refractivity contribution >= 4 is 40.6 Å². The van der Waals surface area contributed by atoms with E-state index in [1.54, 1.807) is 10.9 Å². The van der Waals surface area contributed by atoms with Crippen LogP contribution in [0.5, 0.6) is 0 Å². The molecule has 2 aliphatic rings. The van der Waals surface area contributed by atoms with Crippen LogP contribution in [-0.2, 0) is 15.8 Å². The van der Waals surface area contributed by atoms with Gasteiger partial charge in [0, 0.05) is 17.2 Å². The molecule has 0 aromatic carbocycles. The van der Waals surface area contributed by atoms with Crippen molar-refractivity contribution in [1.82, 2.24) is 19.5 Å². The summed E-state index contributed by atoms with van der Waals surface area (Å²) in [5.41, 5.74) is 8.08. The summed E-state index contributed by atoms with van der Waals surface area (Å²) in [6.07, 6.45) is 3.68. The highest BCUT2D eigenvalue weighted by Crippen LogP contribution is 2.49. The van der Waals surface area contributed by atoms with Crippen molar-refractivity contribution in [3.8, 4) is 0 Å². The SMILES string of the molecule is Nc1nc(C2CC2)c2ncn(C[C@H]3O[C@@H](P(=O)(O)O)C[C@@H]3Br)c2n1. The van der Waals surface area contributed by atoms with E-state index in [9.17, 15) is 14.4 Å². The quantitative estimate of drug-likeness (QED) is 0.500. The monoisotopic (exact) mass is 417 g/mol. The van der Waals surface area contributed by atoms with Gasteiger partial charge >= 0.3 is 7.60 Å². The van der Waals surface area contributed by atoms with Gasteiger partial charge < -0.3 is 24.8 Å². The van der Waals surface area contributed by atoms with Gasteiger partial charge in [0.15, 0.2) is 11.5 Å². The second kappa shape index (κ2) is 5.74. The molecule has 4 rings (SSSR count). The summed E-state index contributed by atoms with van der Waals surface area (Å²) in [5, 5.41) is 0. The predicted molar refractivity (Wildman–Crippen MR) is 89.7 cm³/mol. The summed E-state index contributed by atoms with van der Waals surface area (Å²) in [6, 6.07) is 0. The summed E-state index contributed by atoms with van der Waals surface area (Å²) in [4.78, 5) is 31.5. The molecule has 4 N–H and O–H groups in total. The van der Waals surface area contributed by atoms with Gasteiger partial charge in [0.1, 0.15) is 5.52 Å². The van der Waals surface area contributed by atoms with Crippen LogP contribution >= 0.6 is 23.5 Å². The molecule has 2 fully saturated rings. The zero-order valence-electron chi connectivity index (χ0n) is 12.6.